The number of benzene rings is 2. The predicted molar refractivity (Wildman–Crippen MR) is 194 cm³/mol. The molecule has 0 radical (unpaired) electrons. The van der Waals surface area contributed by atoms with Gasteiger partial charge in [-0.05, 0) is 131 Å². The maximum absolute atomic E-state index is 14.2. The highest BCUT2D eigenvalue weighted by Gasteiger charge is 2.62. The molecule has 2 aromatic carbocycles. The molecule has 4 saturated carbocycles. The van der Waals surface area contributed by atoms with Crippen LogP contribution in [-0.4, -0.2) is 94.5 Å². The van der Waals surface area contributed by atoms with E-state index in [0.29, 0.717) is 46.6 Å². The highest BCUT2D eigenvalue weighted by Crippen LogP contribution is 2.58. The van der Waals surface area contributed by atoms with Gasteiger partial charge < -0.3 is 30.1 Å². The van der Waals surface area contributed by atoms with Crippen molar-refractivity contribution in [3.63, 3.8) is 0 Å². The topological polar surface area (TPSA) is 137 Å². The summed E-state index contributed by atoms with van der Waals surface area (Å²) in [5.74, 6) is -0.557. The predicted octanol–water partition coefficient (Wildman–Crippen LogP) is 5.83. The van der Waals surface area contributed by atoms with Gasteiger partial charge in [0, 0.05) is 19.2 Å². The number of aromatic hydroxyl groups is 1. The lowest BCUT2D eigenvalue weighted by Gasteiger charge is -2.59. The van der Waals surface area contributed by atoms with Crippen LogP contribution in [0.25, 0.3) is 16.9 Å². The van der Waals surface area contributed by atoms with Gasteiger partial charge in [-0.3, -0.25) is 9.59 Å². The van der Waals surface area contributed by atoms with Crippen LogP contribution in [0.4, 0.5) is 0 Å². The number of carbonyl (C=O) groups is 3. The summed E-state index contributed by atoms with van der Waals surface area (Å²) in [5.41, 5.74) is 1.42. The first kappa shape index (κ1) is 37.2. The van der Waals surface area contributed by atoms with E-state index in [1.54, 1.807) is 47.0 Å². The molecule has 0 unspecified atom stereocenters. The number of rotatable bonds is 12. The van der Waals surface area contributed by atoms with Gasteiger partial charge in [-0.2, -0.15) is 5.10 Å². The molecule has 1 heterocycles. The monoisotopic (exact) mass is 707 g/mol. The van der Waals surface area contributed by atoms with Crippen molar-refractivity contribution in [2.75, 3.05) is 41.3 Å². The first-order chi connectivity index (χ1) is 23.3. The minimum atomic E-state index is -1.34. The summed E-state index contributed by atoms with van der Waals surface area (Å²) in [6, 6.07) is 12.0. The number of methoxy groups -OCH3 is 1. The Kier molecular flexibility index (Phi) is 10.9. The molecule has 4 bridgehead atoms. The lowest BCUT2D eigenvalue weighted by Crippen LogP contribution is -2.70. The average molecular weight is 708 g/mol. The molecule has 0 atom stereocenters. The molecule has 0 saturated heterocycles. The van der Waals surface area contributed by atoms with Gasteiger partial charge in [0.05, 0.1) is 24.1 Å². The zero-order valence-corrected chi connectivity index (χ0v) is 30.6. The van der Waals surface area contributed by atoms with Gasteiger partial charge in [0.2, 0.25) is 0 Å². The minimum absolute atomic E-state index is 0. The Bertz CT molecular complexity index is 1720. The molecule has 0 spiro atoms. The zero-order chi connectivity index (χ0) is 35.2. The third kappa shape index (κ3) is 6.69. The van der Waals surface area contributed by atoms with Crippen LogP contribution < -0.4 is 10.1 Å². The lowest BCUT2D eigenvalue weighted by atomic mass is 9.48. The maximum atomic E-state index is 14.2. The number of phenols is 1. The maximum Gasteiger partial charge on any atom is 0.330 e. The largest absolute Gasteiger partial charge is 0.507 e. The van der Waals surface area contributed by atoms with Crippen LogP contribution in [-0.2, 0) is 4.79 Å². The second-order valence-corrected chi connectivity index (χ2v) is 14.9. The third-order valence-electron chi connectivity index (χ3n) is 11.1. The molecule has 3 aromatic rings. The van der Waals surface area contributed by atoms with Crippen LogP contribution in [0, 0.1) is 23.7 Å². The second kappa shape index (κ2) is 14.6. The Labute approximate surface area is 300 Å². The number of halogens is 1. The number of carboxylic acid groups (broad SMARTS) is 1. The van der Waals surface area contributed by atoms with E-state index in [-0.39, 0.29) is 47.5 Å². The Morgan fingerprint density at radius 2 is 1.66 bits per heavy atom. The van der Waals surface area contributed by atoms with Gasteiger partial charge in [0.1, 0.15) is 17.0 Å². The molecule has 270 valence electrons. The number of hydrogen-bond acceptors (Lipinski definition) is 7. The number of carboxylic acids is 1. The van der Waals surface area contributed by atoms with Crippen molar-refractivity contribution in [1.29, 1.82) is 0 Å². The van der Waals surface area contributed by atoms with Crippen molar-refractivity contribution < 1.29 is 29.3 Å². The summed E-state index contributed by atoms with van der Waals surface area (Å²) in [4.78, 5) is 44.5. The first-order valence-electron chi connectivity index (χ1n) is 17.4. The summed E-state index contributed by atoms with van der Waals surface area (Å²) in [5, 5.41) is 29.6. The van der Waals surface area contributed by atoms with Crippen molar-refractivity contribution in [2.45, 2.75) is 63.8 Å². The van der Waals surface area contributed by atoms with E-state index in [1.165, 1.54) is 7.11 Å². The zero-order valence-electron chi connectivity index (χ0n) is 29.8. The highest BCUT2D eigenvalue weighted by molar-refractivity contribution is 5.98. The number of carbonyl (C=O) groups excluding carboxylic acids is 2. The Hall–Kier alpha value is -4.09. The molecule has 0 aliphatic heterocycles. The van der Waals surface area contributed by atoms with Gasteiger partial charge in [-0.25, -0.2) is 9.48 Å². The van der Waals surface area contributed by atoms with Crippen LogP contribution in [0.3, 0.4) is 0 Å². The van der Waals surface area contributed by atoms with Crippen LogP contribution in [0.5, 0.6) is 11.5 Å². The lowest BCUT2D eigenvalue weighted by molar-refractivity contribution is -0.163. The van der Waals surface area contributed by atoms with Crippen molar-refractivity contribution in [3.8, 4) is 28.4 Å². The normalized spacial score (nSPS) is 23.5. The Morgan fingerprint density at radius 3 is 2.24 bits per heavy atom. The van der Waals surface area contributed by atoms with Gasteiger partial charge in [0.15, 0.2) is 5.69 Å². The molecule has 4 aliphatic carbocycles. The summed E-state index contributed by atoms with van der Waals surface area (Å²) >= 11 is 0. The van der Waals surface area contributed by atoms with E-state index in [9.17, 15) is 24.6 Å². The van der Waals surface area contributed by atoms with Gasteiger partial charge in [-0.1, -0.05) is 19.9 Å². The van der Waals surface area contributed by atoms with Crippen molar-refractivity contribution in [2.24, 2.45) is 23.7 Å². The summed E-state index contributed by atoms with van der Waals surface area (Å²) in [7, 11) is 7.32. The summed E-state index contributed by atoms with van der Waals surface area (Å²) in [6.07, 6.45) is 5.23. The second-order valence-electron chi connectivity index (χ2n) is 14.9. The summed E-state index contributed by atoms with van der Waals surface area (Å²) < 4.78 is 7.24. The molecule has 2 amide bonds. The smallest absolute Gasteiger partial charge is 0.330 e. The van der Waals surface area contributed by atoms with Crippen LogP contribution in [0.1, 0.15) is 84.7 Å². The van der Waals surface area contributed by atoms with Crippen LogP contribution >= 0.6 is 12.4 Å². The fraction of sp³-hybridized carbons (Fsp3) is 0.526. The third-order valence-corrected chi connectivity index (χ3v) is 11.1. The number of amides is 2. The fourth-order valence-corrected chi connectivity index (χ4v) is 8.88. The molecule has 50 heavy (non-hydrogen) atoms. The number of phenolic OH excluding ortho intramolecular Hbond substituents is 1. The van der Waals surface area contributed by atoms with E-state index >= 15 is 0 Å². The molecule has 4 aliphatic rings. The minimum Gasteiger partial charge on any atom is -0.507 e. The average Bonchev–Trinajstić information content (AvgIpc) is 3.49. The number of nitrogens with zero attached hydrogens (tertiary/aromatic N) is 4. The molecule has 3 N–H and O–H groups in total. The van der Waals surface area contributed by atoms with Gasteiger partial charge in [-0.15, -0.1) is 12.4 Å². The van der Waals surface area contributed by atoms with E-state index in [4.69, 9.17) is 9.84 Å². The number of nitrogens with one attached hydrogen (secondary N) is 1. The molecule has 11 nitrogen and oxygen atoms in total. The SMILES string of the molecule is COc1cccc(O)c1-c1cc(C(=O)NC2(C(=O)O)C3CC4CC(C3)CC2C4)nn1-c1ccc(C(=O)N(C)CCCN(C)C)cc1C(C)C.Cl. The molecule has 12 heteroatoms. The molecule has 7 rings (SSSR count). The van der Waals surface area contributed by atoms with E-state index in [1.807, 2.05) is 40.1 Å². The number of ether oxygens (including phenoxy) is 1. The van der Waals surface area contributed by atoms with Gasteiger partial charge >= 0.3 is 5.97 Å². The van der Waals surface area contributed by atoms with E-state index in [0.717, 1.165) is 50.6 Å². The Balaban J connectivity index is 0.00000486. The van der Waals surface area contributed by atoms with Crippen LogP contribution in [0.15, 0.2) is 42.5 Å². The van der Waals surface area contributed by atoms with Crippen LogP contribution in [0.2, 0.25) is 0 Å². The van der Waals surface area contributed by atoms with Crippen molar-refractivity contribution in [3.05, 3.63) is 59.3 Å². The molecular formula is C38H50ClN5O6. The highest BCUT2D eigenvalue weighted by atomic mass is 35.5. The van der Waals surface area contributed by atoms with Crippen molar-refractivity contribution >= 4 is 30.2 Å². The number of aromatic nitrogens is 2. The van der Waals surface area contributed by atoms with Gasteiger partial charge in [0.25, 0.3) is 11.8 Å². The fourth-order valence-electron chi connectivity index (χ4n) is 8.88. The Morgan fingerprint density at radius 1 is 1.00 bits per heavy atom. The standard InChI is InChI=1S/C38H49N5O6.ClH/c1-22(2)28-20-25(36(46)42(5)14-8-13-41(3)4)11-12-30(28)43-31(34-32(44)9-7-10-33(34)49-6)21-29(40-43)35(45)39-38(37(47)48)26-16-23-15-24(18-26)19-27(38)17-23;/h7,9-12,20-24,26-27,44H,8,13-19H2,1-6H3,(H,39,45)(H,47,48);1H. The number of aliphatic carboxylic acids is 1. The first-order valence-corrected chi connectivity index (χ1v) is 17.4. The quantitative estimate of drug-likeness (QED) is 0.214. The van der Waals surface area contributed by atoms with E-state index < -0.39 is 17.4 Å². The molecule has 4 fully saturated rings. The summed E-state index contributed by atoms with van der Waals surface area (Å²) in [6.45, 7) is 5.53. The molecular weight excluding hydrogens is 658 g/mol. The number of hydrogen-bond donors (Lipinski definition) is 3. The molecule has 1 aromatic heterocycles. The van der Waals surface area contributed by atoms with Crippen molar-refractivity contribution in [1.82, 2.24) is 24.9 Å². The van der Waals surface area contributed by atoms with E-state index in [2.05, 4.69) is 10.2 Å².